The van der Waals surface area contributed by atoms with Crippen molar-refractivity contribution in [2.75, 3.05) is 11.8 Å². The van der Waals surface area contributed by atoms with Gasteiger partial charge in [-0.2, -0.15) is 5.10 Å². The lowest BCUT2D eigenvalue weighted by Gasteiger charge is -2.12. The van der Waals surface area contributed by atoms with E-state index in [1.54, 1.807) is 30.3 Å². The first-order valence-corrected chi connectivity index (χ1v) is 13.9. The number of sulfonamides is 1. The number of halogens is 1. The third-order valence-electron chi connectivity index (χ3n) is 5.53. The molecule has 0 bridgehead atoms. The van der Waals surface area contributed by atoms with E-state index >= 15 is 0 Å². The van der Waals surface area contributed by atoms with E-state index in [4.69, 9.17) is 21.1 Å². The van der Waals surface area contributed by atoms with Crippen LogP contribution in [0.1, 0.15) is 21.5 Å². The van der Waals surface area contributed by atoms with Crippen molar-refractivity contribution in [3.05, 3.63) is 125 Å². The summed E-state index contributed by atoms with van der Waals surface area (Å²) in [6.45, 7) is 0. The second-order valence-corrected chi connectivity index (χ2v) is 10.5. The van der Waals surface area contributed by atoms with E-state index in [1.807, 2.05) is 30.3 Å². The van der Waals surface area contributed by atoms with E-state index in [9.17, 15) is 18.0 Å². The molecule has 0 aliphatic heterocycles. The van der Waals surface area contributed by atoms with Gasteiger partial charge in [-0.3, -0.25) is 9.52 Å². The highest BCUT2D eigenvalue weighted by Gasteiger charge is 2.18. The average Bonchev–Trinajstić information content (AvgIpc) is 2.97. The summed E-state index contributed by atoms with van der Waals surface area (Å²) in [5, 5.41) is 4.36. The molecule has 4 aromatic carbocycles. The van der Waals surface area contributed by atoms with Gasteiger partial charge in [0.1, 0.15) is 0 Å². The number of methoxy groups -OCH3 is 1. The molecule has 0 aliphatic rings. The van der Waals surface area contributed by atoms with Crippen LogP contribution in [0.2, 0.25) is 5.02 Å². The number of para-hydroxylation sites is 1. The lowest BCUT2D eigenvalue weighted by Crippen LogP contribution is -2.21. The van der Waals surface area contributed by atoms with Gasteiger partial charge in [-0.05, 0) is 71.8 Å². The quantitative estimate of drug-likeness (QED) is 0.0824. The van der Waals surface area contributed by atoms with Crippen LogP contribution >= 0.6 is 11.6 Å². The van der Waals surface area contributed by atoms with E-state index in [0.29, 0.717) is 10.6 Å². The molecule has 9 nitrogen and oxygen atoms in total. The van der Waals surface area contributed by atoms with Gasteiger partial charge in [0.15, 0.2) is 11.5 Å². The predicted molar refractivity (Wildman–Crippen MR) is 158 cm³/mol. The van der Waals surface area contributed by atoms with E-state index in [0.717, 1.165) is 5.56 Å². The smallest absolute Gasteiger partial charge is 0.336 e. The summed E-state index contributed by atoms with van der Waals surface area (Å²) in [4.78, 5) is 25.1. The highest BCUT2D eigenvalue weighted by atomic mass is 35.5. The van der Waals surface area contributed by atoms with Crippen LogP contribution in [0, 0.1) is 0 Å². The first-order chi connectivity index (χ1) is 19.7. The molecule has 0 unspecified atom stereocenters. The molecule has 208 valence electrons. The van der Waals surface area contributed by atoms with Crippen LogP contribution in [0.15, 0.2) is 113 Å². The SMILES string of the molecule is COc1cc(C=NNC(=O)c2ccccc2NS(=O)(=O)c2ccc(Cl)cc2)ccc1OC(=O)C=Cc1ccccc1. The molecule has 0 radical (unpaired) electrons. The first kappa shape index (κ1) is 29.1. The number of hydrogen-bond acceptors (Lipinski definition) is 7. The Hall–Kier alpha value is -4.93. The Morgan fingerprint density at radius 1 is 0.854 bits per heavy atom. The van der Waals surface area contributed by atoms with Crippen molar-refractivity contribution in [2.45, 2.75) is 4.90 Å². The van der Waals surface area contributed by atoms with Gasteiger partial charge < -0.3 is 9.47 Å². The van der Waals surface area contributed by atoms with Gasteiger partial charge in [0, 0.05) is 11.1 Å². The predicted octanol–water partition coefficient (Wildman–Crippen LogP) is 5.53. The number of hydrogen-bond donors (Lipinski definition) is 2. The number of nitrogens with zero attached hydrogens (tertiary/aromatic N) is 1. The van der Waals surface area contributed by atoms with Crippen molar-refractivity contribution in [1.29, 1.82) is 0 Å². The number of benzene rings is 4. The minimum absolute atomic E-state index is 0.00887. The molecule has 0 spiro atoms. The van der Waals surface area contributed by atoms with E-state index < -0.39 is 21.9 Å². The molecule has 4 rings (SSSR count). The number of nitrogens with one attached hydrogen (secondary N) is 2. The molecular formula is C30H24ClN3O6S. The van der Waals surface area contributed by atoms with Crippen molar-refractivity contribution in [3.8, 4) is 11.5 Å². The number of hydrazone groups is 1. The van der Waals surface area contributed by atoms with Crippen LogP contribution in [0.3, 0.4) is 0 Å². The van der Waals surface area contributed by atoms with Crippen LogP contribution in [0.25, 0.3) is 6.08 Å². The monoisotopic (exact) mass is 589 g/mol. The molecule has 2 N–H and O–H groups in total. The molecule has 0 atom stereocenters. The fourth-order valence-electron chi connectivity index (χ4n) is 3.53. The zero-order valence-corrected chi connectivity index (χ0v) is 23.2. The summed E-state index contributed by atoms with van der Waals surface area (Å²) in [6.07, 6.45) is 4.31. The van der Waals surface area contributed by atoms with E-state index in [2.05, 4.69) is 15.2 Å². The molecule has 41 heavy (non-hydrogen) atoms. The van der Waals surface area contributed by atoms with Gasteiger partial charge in [-0.15, -0.1) is 0 Å². The maximum Gasteiger partial charge on any atom is 0.336 e. The maximum atomic E-state index is 12.8. The Bertz CT molecular complexity index is 1710. The summed E-state index contributed by atoms with van der Waals surface area (Å²) in [6, 6.07) is 25.8. The Kier molecular flexibility index (Phi) is 9.51. The number of carbonyl (C=O) groups is 2. The molecule has 0 aromatic heterocycles. The number of esters is 1. The fraction of sp³-hybridized carbons (Fsp3) is 0.0333. The van der Waals surface area contributed by atoms with Crippen LogP contribution < -0.4 is 19.6 Å². The van der Waals surface area contributed by atoms with Gasteiger partial charge in [0.25, 0.3) is 15.9 Å². The second kappa shape index (κ2) is 13.4. The number of ether oxygens (including phenoxy) is 2. The Morgan fingerprint density at radius 3 is 2.29 bits per heavy atom. The minimum atomic E-state index is -3.97. The first-order valence-electron chi connectivity index (χ1n) is 12.1. The van der Waals surface area contributed by atoms with Crippen molar-refractivity contribution in [1.82, 2.24) is 5.43 Å². The van der Waals surface area contributed by atoms with Gasteiger partial charge in [0.2, 0.25) is 0 Å². The lowest BCUT2D eigenvalue weighted by molar-refractivity contribution is -0.129. The zero-order valence-electron chi connectivity index (χ0n) is 21.7. The zero-order chi connectivity index (χ0) is 29.2. The van der Waals surface area contributed by atoms with Crippen molar-refractivity contribution in [3.63, 3.8) is 0 Å². The lowest BCUT2D eigenvalue weighted by atomic mass is 10.2. The second-order valence-electron chi connectivity index (χ2n) is 8.38. The summed E-state index contributed by atoms with van der Waals surface area (Å²) in [5.74, 6) is -0.730. The molecule has 0 fully saturated rings. The number of anilines is 1. The van der Waals surface area contributed by atoms with Crippen LogP contribution in [0.4, 0.5) is 5.69 Å². The number of rotatable bonds is 10. The van der Waals surface area contributed by atoms with Crippen LogP contribution in [-0.4, -0.2) is 33.6 Å². The summed E-state index contributed by atoms with van der Waals surface area (Å²) < 4.78 is 38.7. The third kappa shape index (κ3) is 8.04. The largest absolute Gasteiger partial charge is 0.493 e. The Labute approximate surface area is 242 Å². The normalized spacial score (nSPS) is 11.4. The molecule has 1 amide bonds. The summed E-state index contributed by atoms with van der Waals surface area (Å²) >= 11 is 5.85. The van der Waals surface area contributed by atoms with Crippen LogP contribution in [-0.2, 0) is 14.8 Å². The average molecular weight is 590 g/mol. The van der Waals surface area contributed by atoms with Gasteiger partial charge in [-0.25, -0.2) is 18.6 Å². The molecule has 11 heteroatoms. The summed E-state index contributed by atoms with van der Waals surface area (Å²) in [5.41, 5.74) is 3.91. The van der Waals surface area contributed by atoms with Crippen molar-refractivity contribution in [2.24, 2.45) is 5.10 Å². The minimum Gasteiger partial charge on any atom is -0.493 e. The molecular weight excluding hydrogens is 566 g/mol. The van der Waals surface area contributed by atoms with Crippen molar-refractivity contribution >= 4 is 51.5 Å². The standard InChI is InChI=1S/C30H24ClN3O6S/c1-39-28-19-22(11-17-27(28)40-29(35)18-12-21-7-3-2-4-8-21)20-32-33-30(36)25-9-5-6-10-26(25)34-41(37,38)24-15-13-23(31)14-16-24/h2-20,34H,1H3,(H,33,36). The molecule has 4 aromatic rings. The molecule has 0 saturated carbocycles. The highest BCUT2D eigenvalue weighted by molar-refractivity contribution is 7.92. The third-order valence-corrected chi connectivity index (χ3v) is 7.16. The van der Waals surface area contributed by atoms with E-state index in [1.165, 1.54) is 61.9 Å². The van der Waals surface area contributed by atoms with Gasteiger partial charge in [-0.1, -0.05) is 54.1 Å². The number of amides is 1. The van der Waals surface area contributed by atoms with Crippen molar-refractivity contribution < 1.29 is 27.5 Å². The molecule has 0 heterocycles. The Morgan fingerprint density at radius 2 is 1.56 bits per heavy atom. The highest BCUT2D eigenvalue weighted by Crippen LogP contribution is 2.28. The van der Waals surface area contributed by atoms with Gasteiger partial charge in [0.05, 0.1) is 29.5 Å². The fourth-order valence-corrected chi connectivity index (χ4v) is 4.74. The number of carbonyl (C=O) groups excluding carboxylic acids is 2. The van der Waals surface area contributed by atoms with Crippen LogP contribution in [0.5, 0.6) is 11.5 Å². The topological polar surface area (TPSA) is 123 Å². The maximum absolute atomic E-state index is 12.8. The van der Waals surface area contributed by atoms with E-state index in [-0.39, 0.29) is 27.6 Å². The summed E-state index contributed by atoms with van der Waals surface area (Å²) in [7, 11) is -2.54. The molecule has 0 saturated heterocycles. The molecule has 0 aliphatic carbocycles. The van der Waals surface area contributed by atoms with Gasteiger partial charge >= 0.3 is 5.97 Å². The Balaban J connectivity index is 1.41.